The van der Waals surface area contributed by atoms with Gasteiger partial charge in [-0.15, -0.1) is 0 Å². The highest BCUT2D eigenvalue weighted by Gasteiger charge is 2.40. The molecule has 0 heterocycles. The van der Waals surface area contributed by atoms with Crippen molar-refractivity contribution in [1.29, 1.82) is 0 Å². The molecule has 154 valence electrons. The SMILES string of the molecule is CC1CCC(NS(=O)(=O)CC(=O)N(C2CC2)C2CCCc3ccccc32)CC1. The molecule has 0 spiro atoms. The van der Waals surface area contributed by atoms with Crippen molar-refractivity contribution in [2.24, 2.45) is 5.92 Å². The molecule has 1 unspecified atom stereocenters. The Bertz CT molecular complexity index is 811. The van der Waals surface area contributed by atoms with Crippen LogP contribution in [0.5, 0.6) is 0 Å². The van der Waals surface area contributed by atoms with Crippen molar-refractivity contribution in [2.45, 2.75) is 82.8 Å². The fraction of sp³-hybridized carbons (Fsp3) is 0.682. The van der Waals surface area contributed by atoms with Crippen LogP contribution in [0.2, 0.25) is 0 Å². The second-order valence-electron chi connectivity index (χ2n) is 8.97. The first-order valence-corrected chi connectivity index (χ1v) is 12.5. The van der Waals surface area contributed by atoms with Crippen molar-refractivity contribution in [3.05, 3.63) is 35.4 Å². The average Bonchev–Trinajstić information content (AvgIpc) is 3.48. The van der Waals surface area contributed by atoms with E-state index in [-0.39, 0.29) is 24.0 Å². The summed E-state index contributed by atoms with van der Waals surface area (Å²) in [5, 5.41) is 0. The van der Waals surface area contributed by atoms with E-state index < -0.39 is 15.8 Å². The molecule has 4 rings (SSSR count). The predicted octanol–water partition coefficient (Wildman–Crippen LogP) is 3.55. The van der Waals surface area contributed by atoms with Crippen LogP contribution in [-0.2, 0) is 21.2 Å². The van der Waals surface area contributed by atoms with Gasteiger partial charge in [0.1, 0.15) is 5.75 Å². The van der Waals surface area contributed by atoms with Gasteiger partial charge in [-0.05, 0) is 74.8 Å². The molecule has 28 heavy (non-hydrogen) atoms. The van der Waals surface area contributed by atoms with E-state index in [1.807, 2.05) is 17.0 Å². The van der Waals surface area contributed by atoms with Gasteiger partial charge in [-0.2, -0.15) is 0 Å². The molecule has 3 aliphatic carbocycles. The van der Waals surface area contributed by atoms with Crippen LogP contribution >= 0.6 is 0 Å². The number of aryl methyl sites for hydroxylation is 1. The summed E-state index contributed by atoms with van der Waals surface area (Å²) in [6.45, 7) is 2.21. The molecule has 0 aromatic heterocycles. The van der Waals surface area contributed by atoms with Gasteiger partial charge in [-0.1, -0.05) is 31.2 Å². The smallest absolute Gasteiger partial charge is 0.239 e. The van der Waals surface area contributed by atoms with E-state index in [1.165, 1.54) is 11.1 Å². The first kappa shape index (κ1) is 19.9. The van der Waals surface area contributed by atoms with Gasteiger partial charge >= 0.3 is 0 Å². The highest BCUT2D eigenvalue weighted by atomic mass is 32.2. The van der Waals surface area contributed by atoms with Gasteiger partial charge in [0.25, 0.3) is 0 Å². The molecule has 1 aromatic carbocycles. The number of nitrogens with zero attached hydrogens (tertiary/aromatic N) is 1. The van der Waals surface area contributed by atoms with Gasteiger partial charge in [0.15, 0.2) is 0 Å². The predicted molar refractivity (Wildman–Crippen MR) is 110 cm³/mol. The number of benzene rings is 1. The zero-order valence-corrected chi connectivity index (χ0v) is 17.6. The van der Waals surface area contributed by atoms with Crippen LogP contribution in [0.25, 0.3) is 0 Å². The molecule has 1 N–H and O–H groups in total. The monoisotopic (exact) mass is 404 g/mol. The van der Waals surface area contributed by atoms with Crippen LogP contribution in [0.1, 0.15) is 75.5 Å². The van der Waals surface area contributed by atoms with E-state index in [1.54, 1.807) is 0 Å². The maximum absolute atomic E-state index is 13.1. The van der Waals surface area contributed by atoms with E-state index in [9.17, 15) is 13.2 Å². The molecular weight excluding hydrogens is 372 g/mol. The van der Waals surface area contributed by atoms with Crippen molar-refractivity contribution in [2.75, 3.05) is 5.75 Å². The van der Waals surface area contributed by atoms with Gasteiger partial charge in [-0.3, -0.25) is 4.79 Å². The quantitative estimate of drug-likeness (QED) is 0.788. The Morgan fingerprint density at radius 2 is 1.79 bits per heavy atom. The molecule has 5 nitrogen and oxygen atoms in total. The largest absolute Gasteiger partial charge is 0.332 e. The summed E-state index contributed by atoms with van der Waals surface area (Å²) in [7, 11) is -3.61. The lowest BCUT2D eigenvalue weighted by Crippen LogP contribution is -2.46. The van der Waals surface area contributed by atoms with Crippen LogP contribution in [0.4, 0.5) is 0 Å². The minimum Gasteiger partial charge on any atom is -0.332 e. The maximum atomic E-state index is 13.1. The summed E-state index contributed by atoms with van der Waals surface area (Å²) in [5.41, 5.74) is 2.51. The molecule has 0 bridgehead atoms. The molecule has 6 heteroatoms. The van der Waals surface area contributed by atoms with Gasteiger partial charge in [0.2, 0.25) is 15.9 Å². The second-order valence-corrected chi connectivity index (χ2v) is 10.7. The van der Waals surface area contributed by atoms with Crippen molar-refractivity contribution >= 4 is 15.9 Å². The van der Waals surface area contributed by atoms with Gasteiger partial charge in [-0.25, -0.2) is 13.1 Å². The summed E-state index contributed by atoms with van der Waals surface area (Å²) in [5.74, 6) is 0.00815. The Labute approximate surface area is 168 Å². The number of fused-ring (bicyclic) bond motifs is 1. The number of hydrogen-bond donors (Lipinski definition) is 1. The Kier molecular flexibility index (Phi) is 5.79. The van der Waals surface area contributed by atoms with Crippen molar-refractivity contribution in [3.8, 4) is 0 Å². The zero-order valence-electron chi connectivity index (χ0n) is 16.8. The normalized spacial score (nSPS) is 27.8. The summed E-state index contributed by atoms with van der Waals surface area (Å²) in [6, 6.07) is 8.53. The van der Waals surface area contributed by atoms with Crippen molar-refractivity contribution in [1.82, 2.24) is 9.62 Å². The third-order valence-electron chi connectivity index (χ3n) is 6.58. The highest BCUT2D eigenvalue weighted by molar-refractivity contribution is 7.90. The van der Waals surface area contributed by atoms with Crippen LogP contribution in [0.15, 0.2) is 24.3 Å². The van der Waals surface area contributed by atoms with Gasteiger partial charge in [0, 0.05) is 12.1 Å². The zero-order chi connectivity index (χ0) is 19.7. The summed E-state index contributed by atoms with van der Waals surface area (Å²) < 4.78 is 28.2. The number of nitrogens with one attached hydrogen (secondary N) is 1. The molecule has 3 aliphatic rings. The van der Waals surface area contributed by atoms with Crippen LogP contribution in [-0.4, -0.2) is 37.1 Å². The Balaban J connectivity index is 1.46. The summed E-state index contributed by atoms with van der Waals surface area (Å²) in [4.78, 5) is 15.1. The van der Waals surface area contributed by atoms with Crippen molar-refractivity contribution in [3.63, 3.8) is 0 Å². The molecule has 0 saturated heterocycles. The standard InChI is InChI=1S/C22H32N2O3S/c1-16-9-11-18(12-10-16)23-28(26,27)15-22(25)24(19-13-14-19)21-8-4-6-17-5-2-3-7-20(17)21/h2-3,5,7,16,18-19,21,23H,4,6,8-15H2,1H3. The first-order valence-electron chi connectivity index (χ1n) is 10.8. The number of sulfonamides is 1. The maximum Gasteiger partial charge on any atom is 0.239 e. The minimum atomic E-state index is -3.61. The molecular formula is C22H32N2O3S. The lowest BCUT2D eigenvalue weighted by Gasteiger charge is -2.36. The Morgan fingerprint density at radius 3 is 2.50 bits per heavy atom. The number of hydrogen-bond acceptors (Lipinski definition) is 3. The number of amides is 1. The number of carbonyl (C=O) groups excluding carboxylic acids is 1. The van der Waals surface area contributed by atoms with Gasteiger partial charge < -0.3 is 4.90 Å². The molecule has 2 fully saturated rings. The fourth-order valence-electron chi connectivity index (χ4n) is 4.91. The van der Waals surface area contributed by atoms with Gasteiger partial charge in [0.05, 0.1) is 6.04 Å². The van der Waals surface area contributed by atoms with E-state index in [0.717, 1.165) is 57.8 Å². The Hall–Kier alpha value is -1.40. The third kappa shape index (κ3) is 4.60. The number of carbonyl (C=O) groups is 1. The number of rotatable bonds is 6. The van der Waals surface area contributed by atoms with E-state index in [0.29, 0.717) is 5.92 Å². The third-order valence-corrected chi connectivity index (χ3v) is 7.90. The molecule has 1 aromatic rings. The van der Waals surface area contributed by atoms with Crippen LogP contribution < -0.4 is 4.72 Å². The lowest BCUT2D eigenvalue weighted by atomic mass is 9.86. The van der Waals surface area contributed by atoms with E-state index in [4.69, 9.17) is 0 Å². The summed E-state index contributed by atoms with van der Waals surface area (Å²) >= 11 is 0. The molecule has 0 aliphatic heterocycles. The molecule has 2 saturated carbocycles. The minimum absolute atomic E-state index is 0.0150. The fourth-order valence-corrected chi connectivity index (χ4v) is 6.21. The Morgan fingerprint density at radius 1 is 1.07 bits per heavy atom. The first-order chi connectivity index (χ1) is 13.4. The van der Waals surface area contributed by atoms with Crippen LogP contribution in [0.3, 0.4) is 0 Å². The average molecular weight is 405 g/mol. The second kappa shape index (κ2) is 8.15. The lowest BCUT2D eigenvalue weighted by molar-refractivity contribution is -0.131. The van der Waals surface area contributed by atoms with Crippen LogP contribution in [0, 0.1) is 5.92 Å². The van der Waals surface area contributed by atoms with E-state index in [2.05, 4.69) is 23.8 Å². The summed E-state index contributed by atoms with van der Waals surface area (Å²) in [6.07, 6.45) is 8.82. The highest BCUT2D eigenvalue weighted by Crippen LogP contribution is 2.40. The topological polar surface area (TPSA) is 66.5 Å². The van der Waals surface area contributed by atoms with Crippen molar-refractivity contribution < 1.29 is 13.2 Å². The molecule has 0 radical (unpaired) electrons. The molecule has 1 amide bonds. The van der Waals surface area contributed by atoms with E-state index >= 15 is 0 Å². The molecule has 1 atom stereocenters.